The fourth-order valence-corrected chi connectivity index (χ4v) is 1.78. The highest BCUT2D eigenvalue weighted by Gasteiger charge is 2.16. The molecule has 0 radical (unpaired) electrons. The molecule has 18 heavy (non-hydrogen) atoms. The summed E-state index contributed by atoms with van der Waals surface area (Å²) in [6.07, 6.45) is 0. The molecule has 0 unspecified atom stereocenters. The number of hydrogen-bond donors (Lipinski definition) is 1. The zero-order valence-corrected chi connectivity index (χ0v) is 10.8. The molecular weight excluding hydrogens is 228 g/mol. The number of amides is 1. The molecule has 4 heteroatoms. The molecule has 0 fully saturated rings. The van der Waals surface area contributed by atoms with Crippen LogP contribution in [-0.2, 0) is 6.54 Å². The number of nitrogens with zero attached hydrogens (tertiary/aromatic N) is 1. The number of rotatable bonds is 3. The van der Waals surface area contributed by atoms with Gasteiger partial charge in [-0.1, -0.05) is 35.0 Å². The molecule has 1 aromatic carbocycles. The maximum absolute atomic E-state index is 12.0. The largest absolute Gasteiger partial charge is 0.361 e. The Morgan fingerprint density at radius 3 is 2.44 bits per heavy atom. The molecule has 0 bridgehead atoms. The van der Waals surface area contributed by atoms with Crippen molar-refractivity contribution in [1.29, 1.82) is 0 Å². The van der Waals surface area contributed by atoms with E-state index in [0.29, 0.717) is 23.6 Å². The van der Waals surface area contributed by atoms with Crippen LogP contribution in [0.5, 0.6) is 0 Å². The molecule has 1 heterocycles. The number of aryl methyl sites for hydroxylation is 3. The summed E-state index contributed by atoms with van der Waals surface area (Å²) >= 11 is 0. The van der Waals surface area contributed by atoms with Crippen molar-refractivity contribution in [1.82, 2.24) is 10.5 Å². The number of nitrogens with one attached hydrogen (secondary N) is 1. The summed E-state index contributed by atoms with van der Waals surface area (Å²) < 4.78 is 4.97. The second-order valence-electron chi connectivity index (χ2n) is 4.37. The molecule has 0 aliphatic heterocycles. The fourth-order valence-electron chi connectivity index (χ4n) is 1.78. The summed E-state index contributed by atoms with van der Waals surface area (Å²) in [7, 11) is 0. The Morgan fingerprint density at radius 2 is 1.89 bits per heavy atom. The maximum atomic E-state index is 12.0. The van der Waals surface area contributed by atoms with E-state index in [4.69, 9.17) is 4.52 Å². The average Bonchev–Trinajstić information content (AvgIpc) is 2.68. The molecule has 0 saturated heterocycles. The SMILES string of the molecule is Cc1ccc(CNC(=O)c2c(C)noc2C)cc1. The van der Waals surface area contributed by atoms with Crippen LogP contribution in [0.15, 0.2) is 28.8 Å². The summed E-state index contributed by atoms with van der Waals surface area (Å²) in [5.41, 5.74) is 3.42. The van der Waals surface area contributed by atoms with Gasteiger partial charge in [0.2, 0.25) is 0 Å². The molecule has 0 aliphatic carbocycles. The zero-order valence-electron chi connectivity index (χ0n) is 10.8. The third-order valence-electron chi connectivity index (χ3n) is 2.83. The van der Waals surface area contributed by atoms with E-state index in [1.807, 2.05) is 31.2 Å². The van der Waals surface area contributed by atoms with Gasteiger partial charge in [-0.15, -0.1) is 0 Å². The van der Waals surface area contributed by atoms with E-state index in [2.05, 4.69) is 10.5 Å². The van der Waals surface area contributed by atoms with Crippen LogP contribution in [0.1, 0.15) is 32.9 Å². The van der Waals surface area contributed by atoms with Crippen LogP contribution in [-0.4, -0.2) is 11.1 Å². The fraction of sp³-hybridized carbons (Fsp3) is 0.286. The zero-order chi connectivity index (χ0) is 13.1. The summed E-state index contributed by atoms with van der Waals surface area (Å²) in [5.74, 6) is 0.403. The molecule has 1 amide bonds. The Kier molecular flexibility index (Phi) is 3.46. The van der Waals surface area contributed by atoms with Crippen molar-refractivity contribution in [2.24, 2.45) is 0 Å². The molecule has 0 aliphatic rings. The summed E-state index contributed by atoms with van der Waals surface area (Å²) in [6, 6.07) is 8.06. The number of benzene rings is 1. The van der Waals surface area contributed by atoms with Crippen molar-refractivity contribution >= 4 is 5.91 Å². The number of hydrogen-bond acceptors (Lipinski definition) is 3. The topological polar surface area (TPSA) is 55.1 Å². The Labute approximate surface area is 106 Å². The first-order valence-electron chi connectivity index (χ1n) is 5.84. The van der Waals surface area contributed by atoms with Gasteiger partial charge in [0.05, 0.1) is 5.69 Å². The Bertz CT molecular complexity index is 536. The minimum atomic E-state index is -0.146. The van der Waals surface area contributed by atoms with Crippen LogP contribution >= 0.6 is 0 Å². The summed E-state index contributed by atoms with van der Waals surface area (Å²) in [4.78, 5) is 12.0. The van der Waals surface area contributed by atoms with Crippen LogP contribution in [0, 0.1) is 20.8 Å². The third kappa shape index (κ3) is 2.59. The lowest BCUT2D eigenvalue weighted by Crippen LogP contribution is -2.23. The second-order valence-corrected chi connectivity index (χ2v) is 4.37. The van der Waals surface area contributed by atoms with Crippen LogP contribution in [0.3, 0.4) is 0 Å². The van der Waals surface area contributed by atoms with E-state index in [9.17, 15) is 4.79 Å². The van der Waals surface area contributed by atoms with Gasteiger partial charge in [-0.2, -0.15) is 0 Å². The molecule has 1 N–H and O–H groups in total. The highest BCUT2D eigenvalue weighted by atomic mass is 16.5. The second kappa shape index (κ2) is 5.04. The van der Waals surface area contributed by atoms with E-state index in [-0.39, 0.29) is 5.91 Å². The summed E-state index contributed by atoms with van der Waals surface area (Å²) in [6.45, 7) is 6.04. The lowest BCUT2D eigenvalue weighted by Gasteiger charge is -2.05. The normalized spacial score (nSPS) is 10.4. The molecule has 0 saturated carbocycles. The third-order valence-corrected chi connectivity index (χ3v) is 2.83. The lowest BCUT2D eigenvalue weighted by molar-refractivity contribution is 0.0949. The molecule has 0 atom stereocenters. The highest BCUT2D eigenvalue weighted by molar-refractivity contribution is 5.95. The molecule has 0 spiro atoms. The van der Waals surface area contributed by atoms with Crippen molar-refractivity contribution in [3.05, 3.63) is 52.4 Å². The predicted molar refractivity (Wildman–Crippen MR) is 68.3 cm³/mol. The van der Waals surface area contributed by atoms with Crippen molar-refractivity contribution in [3.63, 3.8) is 0 Å². The number of carbonyl (C=O) groups is 1. The van der Waals surface area contributed by atoms with Gasteiger partial charge in [-0.25, -0.2) is 0 Å². The van der Waals surface area contributed by atoms with Crippen molar-refractivity contribution in [2.45, 2.75) is 27.3 Å². The minimum absolute atomic E-state index is 0.146. The lowest BCUT2D eigenvalue weighted by atomic mass is 10.1. The Morgan fingerprint density at radius 1 is 1.22 bits per heavy atom. The van der Waals surface area contributed by atoms with E-state index in [1.54, 1.807) is 13.8 Å². The first kappa shape index (κ1) is 12.4. The van der Waals surface area contributed by atoms with Crippen molar-refractivity contribution in [2.75, 3.05) is 0 Å². The molecule has 4 nitrogen and oxygen atoms in total. The first-order valence-corrected chi connectivity index (χ1v) is 5.84. The number of aromatic nitrogens is 1. The smallest absolute Gasteiger partial charge is 0.257 e. The van der Waals surface area contributed by atoms with Crippen LogP contribution < -0.4 is 5.32 Å². The van der Waals surface area contributed by atoms with Gasteiger partial charge in [-0.05, 0) is 26.3 Å². The van der Waals surface area contributed by atoms with Gasteiger partial charge in [0, 0.05) is 6.54 Å². The Hall–Kier alpha value is -2.10. The predicted octanol–water partition coefficient (Wildman–Crippen LogP) is 2.53. The van der Waals surface area contributed by atoms with Gasteiger partial charge in [0.15, 0.2) is 0 Å². The van der Waals surface area contributed by atoms with E-state index in [0.717, 1.165) is 5.56 Å². The van der Waals surface area contributed by atoms with Gasteiger partial charge in [-0.3, -0.25) is 4.79 Å². The van der Waals surface area contributed by atoms with Crippen molar-refractivity contribution in [3.8, 4) is 0 Å². The van der Waals surface area contributed by atoms with E-state index in [1.165, 1.54) is 5.56 Å². The van der Waals surface area contributed by atoms with E-state index >= 15 is 0 Å². The molecule has 1 aromatic heterocycles. The standard InChI is InChI=1S/C14H16N2O2/c1-9-4-6-12(7-5-9)8-15-14(17)13-10(2)16-18-11(13)3/h4-7H,8H2,1-3H3,(H,15,17). The molecule has 94 valence electrons. The van der Waals surface area contributed by atoms with Crippen LogP contribution in [0.2, 0.25) is 0 Å². The quantitative estimate of drug-likeness (QED) is 0.902. The molecule has 2 rings (SSSR count). The monoisotopic (exact) mass is 244 g/mol. The minimum Gasteiger partial charge on any atom is -0.361 e. The Balaban J connectivity index is 2.03. The molecule has 2 aromatic rings. The van der Waals surface area contributed by atoms with Gasteiger partial charge < -0.3 is 9.84 Å². The first-order chi connectivity index (χ1) is 8.58. The highest BCUT2D eigenvalue weighted by Crippen LogP contribution is 2.12. The van der Waals surface area contributed by atoms with Crippen molar-refractivity contribution < 1.29 is 9.32 Å². The van der Waals surface area contributed by atoms with Gasteiger partial charge >= 0.3 is 0 Å². The maximum Gasteiger partial charge on any atom is 0.257 e. The van der Waals surface area contributed by atoms with Crippen LogP contribution in [0.4, 0.5) is 0 Å². The average molecular weight is 244 g/mol. The molecular formula is C14H16N2O2. The number of carbonyl (C=O) groups excluding carboxylic acids is 1. The van der Waals surface area contributed by atoms with Gasteiger partial charge in [0.1, 0.15) is 11.3 Å². The van der Waals surface area contributed by atoms with Crippen LogP contribution in [0.25, 0.3) is 0 Å². The summed E-state index contributed by atoms with van der Waals surface area (Å²) in [5, 5.41) is 6.63. The van der Waals surface area contributed by atoms with Gasteiger partial charge in [0.25, 0.3) is 5.91 Å². The van der Waals surface area contributed by atoms with E-state index < -0.39 is 0 Å².